The molecule has 21 heavy (non-hydrogen) atoms. The molecule has 2 atom stereocenters. The predicted molar refractivity (Wildman–Crippen MR) is 82.4 cm³/mol. The number of carbonyl (C=O) groups is 1. The standard InChI is InChI=1S/C16H14N4O/c17-20-14-10-6-2-4-8-12(10)18-15(14)13-9-5-1-3-7-11(9)19-16(13)21/h1-8,13,15,18H,17H2,(H,19,21)/b20-14-. The summed E-state index contributed by atoms with van der Waals surface area (Å²) in [5, 5.41) is 10.2. The number of fused-ring (bicyclic) bond motifs is 2. The summed E-state index contributed by atoms with van der Waals surface area (Å²) in [6, 6.07) is 15.3. The summed E-state index contributed by atoms with van der Waals surface area (Å²) < 4.78 is 0. The van der Waals surface area contributed by atoms with E-state index in [-0.39, 0.29) is 17.9 Å². The maximum absolute atomic E-state index is 12.4. The topological polar surface area (TPSA) is 79.5 Å². The monoisotopic (exact) mass is 278 g/mol. The molecule has 2 unspecified atom stereocenters. The lowest BCUT2D eigenvalue weighted by atomic mass is 9.89. The molecule has 2 heterocycles. The Morgan fingerprint density at radius 2 is 1.71 bits per heavy atom. The van der Waals surface area contributed by atoms with Gasteiger partial charge in [0.15, 0.2) is 0 Å². The fraction of sp³-hybridized carbons (Fsp3) is 0.125. The summed E-state index contributed by atoms with van der Waals surface area (Å²) in [6.45, 7) is 0. The summed E-state index contributed by atoms with van der Waals surface area (Å²) in [7, 11) is 0. The van der Waals surface area contributed by atoms with Gasteiger partial charge in [0.05, 0.1) is 17.7 Å². The number of nitrogens with two attached hydrogens (primary N) is 1. The van der Waals surface area contributed by atoms with Gasteiger partial charge in [-0.05, 0) is 17.7 Å². The number of nitrogens with one attached hydrogen (secondary N) is 2. The maximum atomic E-state index is 12.4. The van der Waals surface area contributed by atoms with Crippen molar-refractivity contribution in [1.29, 1.82) is 0 Å². The first-order valence-electron chi connectivity index (χ1n) is 6.83. The number of amides is 1. The molecule has 0 saturated carbocycles. The summed E-state index contributed by atoms with van der Waals surface area (Å²) in [5.74, 6) is 5.24. The molecule has 0 saturated heterocycles. The van der Waals surface area contributed by atoms with Gasteiger partial charge in [-0.2, -0.15) is 5.10 Å². The number of nitrogens with zero attached hydrogens (tertiary/aromatic N) is 1. The molecule has 0 spiro atoms. The highest BCUT2D eigenvalue weighted by atomic mass is 16.2. The Hall–Kier alpha value is -2.82. The second-order valence-electron chi connectivity index (χ2n) is 5.24. The molecule has 2 aromatic rings. The smallest absolute Gasteiger partial charge is 0.234 e. The van der Waals surface area contributed by atoms with Crippen LogP contribution in [-0.4, -0.2) is 17.7 Å². The molecule has 1 amide bonds. The van der Waals surface area contributed by atoms with Crippen molar-refractivity contribution >= 4 is 23.0 Å². The van der Waals surface area contributed by atoms with Gasteiger partial charge in [0.25, 0.3) is 0 Å². The number of hydrogen-bond acceptors (Lipinski definition) is 4. The molecule has 0 radical (unpaired) electrons. The minimum Gasteiger partial charge on any atom is -0.375 e. The third-order valence-corrected chi connectivity index (χ3v) is 4.12. The third kappa shape index (κ3) is 1.64. The van der Waals surface area contributed by atoms with E-state index in [0.29, 0.717) is 0 Å². The van der Waals surface area contributed by atoms with E-state index in [1.807, 2.05) is 48.5 Å². The zero-order chi connectivity index (χ0) is 14.4. The molecule has 5 heteroatoms. The molecular weight excluding hydrogens is 264 g/mol. The highest BCUT2D eigenvalue weighted by Gasteiger charge is 2.42. The summed E-state index contributed by atoms with van der Waals surface area (Å²) in [4.78, 5) is 12.4. The number of benzene rings is 2. The largest absolute Gasteiger partial charge is 0.375 e. The molecule has 0 fully saturated rings. The Morgan fingerprint density at radius 3 is 2.52 bits per heavy atom. The summed E-state index contributed by atoms with van der Waals surface area (Å²) >= 11 is 0. The zero-order valence-corrected chi connectivity index (χ0v) is 11.2. The van der Waals surface area contributed by atoms with Crippen LogP contribution in [0.3, 0.4) is 0 Å². The van der Waals surface area contributed by atoms with E-state index in [2.05, 4.69) is 15.7 Å². The number of hydrazone groups is 1. The van der Waals surface area contributed by atoms with Gasteiger partial charge in [-0.25, -0.2) is 0 Å². The lowest BCUT2D eigenvalue weighted by Crippen LogP contribution is -2.35. The maximum Gasteiger partial charge on any atom is 0.234 e. The van der Waals surface area contributed by atoms with Crippen LogP contribution in [0.2, 0.25) is 0 Å². The van der Waals surface area contributed by atoms with Gasteiger partial charge in [0, 0.05) is 16.9 Å². The van der Waals surface area contributed by atoms with Crippen LogP contribution < -0.4 is 16.5 Å². The fourth-order valence-electron chi connectivity index (χ4n) is 3.19. The van der Waals surface area contributed by atoms with Crippen LogP contribution >= 0.6 is 0 Å². The van der Waals surface area contributed by atoms with Crippen LogP contribution in [0.15, 0.2) is 53.6 Å². The summed E-state index contributed by atoms with van der Waals surface area (Å²) in [6.07, 6.45) is 0. The van der Waals surface area contributed by atoms with Crippen LogP contribution in [-0.2, 0) is 4.79 Å². The molecule has 0 bridgehead atoms. The lowest BCUT2D eigenvalue weighted by molar-refractivity contribution is -0.117. The van der Waals surface area contributed by atoms with Crippen molar-refractivity contribution in [2.24, 2.45) is 10.9 Å². The second-order valence-corrected chi connectivity index (χ2v) is 5.24. The Morgan fingerprint density at radius 1 is 1.00 bits per heavy atom. The number of hydrogen-bond donors (Lipinski definition) is 3. The van der Waals surface area contributed by atoms with Gasteiger partial charge in [-0.1, -0.05) is 36.4 Å². The van der Waals surface area contributed by atoms with E-state index in [1.54, 1.807) is 0 Å². The van der Waals surface area contributed by atoms with Crippen LogP contribution in [0, 0.1) is 0 Å². The molecule has 0 aromatic heterocycles. The minimum absolute atomic E-state index is 0.0253. The first-order chi connectivity index (χ1) is 10.3. The fourth-order valence-corrected chi connectivity index (χ4v) is 3.19. The Bertz CT molecular complexity index is 768. The van der Waals surface area contributed by atoms with E-state index in [0.717, 1.165) is 28.2 Å². The molecule has 4 rings (SSSR count). The molecule has 0 aliphatic carbocycles. The van der Waals surface area contributed by atoms with Crippen LogP contribution in [0.5, 0.6) is 0 Å². The first-order valence-corrected chi connectivity index (χ1v) is 6.83. The van der Waals surface area contributed by atoms with Gasteiger partial charge < -0.3 is 16.5 Å². The van der Waals surface area contributed by atoms with Crippen LogP contribution in [0.4, 0.5) is 11.4 Å². The van der Waals surface area contributed by atoms with Gasteiger partial charge in [0.1, 0.15) is 0 Å². The van der Waals surface area contributed by atoms with Crippen molar-refractivity contribution in [1.82, 2.24) is 0 Å². The van der Waals surface area contributed by atoms with E-state index in [1.165, 1.54) is 0 Å². The molecule has 4 N–H and O–H groups in total. The van der Waals surface area contributed by atoms with Crippen molar-refractivity contribution in [3.05, 3.63) is 59.7 Å². The normalized spacial score (nSPS) is 24.4. The number of rotatable bonds is 1. The number of anilines is 2. The lowest BCUT2D eigenvalue weighted by Gasteiger charge is -2.18. The Labute approximate surface area is 121 Å². The van der Waals surface area contributed by atoms with Crippen molar-refractivity contribution in [2.75, 3.05) is 10.6 Å². The highest BCUT2D eigenvalue weighted by molar-refractivity contribution is 6.18. The van der Waals surface area contributed by atoms with Gasteiger partial charge >= 0.3 is 0 Å². The Balaban J connectivity index is 1.81. The van der Waals surface area contributed by atoms with Gasteiger partial charge in [-0.15, -0.1) is 0 Å². The molecule has 2 aromatic carbocycles. The number of para-hydroxylation sites is 2. The Kier molecular flexibility index (Phi) is 2.47. The first kappa shape index (κ1) is 12.0. The van der Waals surface area contributed by atoms with Crippen LogP contribution in [0.25, 0.3) is 0 Å². The van der Waals surface area contributed by atoms with Crippen molar-refractivity contribution in [2.45, 2.75) is 12.0 Å². The van der Waals surface area contributed by atoms with Gasteiger partial charge in [0.2, 0.25) is 5.91 Å². The SMILES string of the molecule is N/N=C1/c2ccccc2NC1C1C(=O)Nc2ccccc21. The van der Waals surface area contributed by atoms with Crippen LogP contribution in [0.1, 0.15) is 17.0 Å². The van der Waals surface area contributed by atoms with E-state index >= 15 is 0 Å². The van der Waals surface area contributed by atoms with Crippen molar-refractivity contribution < 1.29 is 4.79 Å². The quantitative estimate of drug-likeness (QED) is 0.550. The molecular formula is C16H14N4O. The highest BCUT2D eigenvalue weighted by Crippen LogP contribution is 2.40. The van der Waals surface area contributed by atoms with E-state index in [9.17, 15) is 4.79 Å². The zero-order valence-electron chi connectivity index (χ0n) is 11.2. The molecule has 2 aliphatic rings. The predicted octanol–water partition coefficient (Wildman–Crippen LogP) is 1.88. The second kappa shape index (κ2) is 4.34. The number of carbonyl (C=O) groups excluding carboxylic acids is 1. The minimum atomic E-state index is -0.323. The molecule has 5 nitrogen and oxygen atoms in total. The van der Waals surface area contributed by atoms with E-state index < -0.39 is 0 Å². The third-order valence-electron chi connectivity index (χ3n) is 4.12. The molecule has 104 valence electrons. The average molecular weight is 278 g/mol. The van der Waals surface area contributed by atoms with Crippen molar-refractivity contribution in [3.8, 4) is 0 Å². The van der Waals surface area contributed by atoms with Gasteiger partial charge in [-0.3, -0.25) is 4.79 Å². The molecule has 2 aliphatic heterocycles. The van der Waals surface area contributed by atoms with Crippen molar-refractivity contribution in [3.63, 3.8) is 0 Å². The average Bonchev–Trinajstić information content (AvgIpc) is 3.02. The summed E-state index contributed by atoms with van der Waals surface area (Å²) in [5.41, 5.74) is 4.49. The van der Waals surface area contributed by atoms with E-state index in [4.69, 9.17) is 5.84 Å².